The number of carbonyl (C=O) groups excluding carboxylic acids is 2. The van der Waals surface area contributed by atoms with E-state index in [0.717, 1.165) is 22.3 Å². The summed E-state index contributed by atoms with van der Waals surface area (Å²) in [6.45, 7) is 5.29. The van der Waals surface area contributed by atoms with Crippen LogP contribution in [0.3, 0.4) is 0 Å². The maximum Gasteiger partial charge on any atom is 0.407 e. The number of benzene rings is 2. The first-order valence-electron chi connectivity index (χ1n) is 11.3. The molecular weight excluding hydrogens is 432 g/mol. The van der Waals surface area contributed by atoms with E-state index in [1.807, 2.05) is 36.4 Å². The van der Waals surface area contributed by atoms with Gasteiger partial charge in [-0.2, -0.15) is 0 Å². The number of amides is 2. The summed E-state index contributed by atoms with van der Waals surface area (Å²) < 4.78 is 5.53. The SMILES string of the molecule is CC#CCC(NC(=O)OCC1c2ccccc2-c2ccccc21)C(=O)NCC(C(=O)O)C(C)C. The average molecular weight is 463 g/mol. The van der Waals surface area contributed by atoms with Gasteiger partial charge < -0.3 is 20.5 Å². The van der Waals surface area contributed by atoms with E-state index >= 15 is 0 Å². The fourth-order valence-corrected chi connectivity index (χ4v) is 4.14. The van der Waals surface area contributed by atoms with Gasteiger partial charge in [0.15, 0.2) is 0 Å². The number of carboxylic acid groups (broad SMARTS) is 1. The van der Waals surface area contributed by atoms with Crippen LogP contribution in [0.25, 0.3) is 11.1 Å². The molecule has 0 aliphatic heterocycles. The molecule has 2 amide bonds. The first-order chi connectivity index (χ1) is 16.3. The quantitative estimate of drug-likeness (QED) is 0.492. The lowest BCUT2D eigenvalue weighted by Gasteiger charge is -2.21. The predicted molar refractivity (Wildman–Crippen MR) is 129 cm³/mol. The molecule has 1 aliphatic rings. The molecule has 2 atom stereocenters. The molecule has 2 aromatic carbocycles. The molecule has 0 saturated heterocycles. The second-order valence-corrected chi connectivity index (χ2v) is 8.59. The maximum atomic E-state index is 12.7. The van der Waals surface area contributed by atoms with E-state index < -0.39 is 29.9 Å². The van der Waals surface area contributed by atoms with Gasteiger partial charge in [0.05, 0.1) is 5.92 Å². The smallest absolute Gasteiger partial charge is 0.407 e. The van der Waals surface area contributed by atoms with Gasteiger partial charge in [-0.1, -0.05) is 62.4 Å². The van der Waals surface area contributed by atoms with Gasteiger partial charge in [-0.25, -0.2) is 4.79 Å². The topological polar surface area (TPSA) is 105 Å². The number of ether oxygens (including phenoxy) is 1. The highest BCUT2D eigenvalue weighted by molar-refractivity contribution is 5.86. The second-order valence-electron chi connectivity index (χ2n) is 8.59. The van der Waals surface area contributed by atoms with Crippen molar-refractivity contribution >= 4 is 18.0 Å². The Morgan fingerprint density at radius 1 is 1.03 bits per heavy atom. The maximum absolute atomic E-state index is 12.7. The van der Waals surface area contributed by atoms with E-state index in [-0.39, 0.29) is 31.4 Å². The van der Waals surface area contributed by atoms with Crippen LogP contribution in [0.5, 0.6) is 0 Å². The third-order valence-corrected chi connectivity index (χ3v) is 6.05. The number of aliphatic carboxylic acids is 1. The van der Waals surface area contributed by atoms with Crippen molar-refractivity contribution in [3.8, 4) is 23.0 Å². The zero-order valence-electron chi connectivity index (χ0n) is 19.6. The van der Waals surface area contributed by atoms with Crippen molar-refractivity contribution in [3.63, 3.8) is 0 Å². The predicted octanol–water partition coefficient (Wildman–Crippen LogP) is 3.78. The molecule has 7 heteroatoms. The molecule has 0 aromatic heterocycles. The number of nitrogens with one attached hydrogen (secondary N) is 2. The highest BCUT2D eigenvalue weighted by atomic mass is 16.5. The Labute approximate surface area is 199 Å². The minimum Gasteiger partial charge on any atom is -0.481 e. The minimum atomic E-state index is -0.982. The third kappa shape index (κ3) is 5.76. The molecule has 0 spiro atoms. The molecule has 34 heavy (non-hydrogen) atoms. The molecule has 1 aliphatic carbocycles. The van der Waals surface area contributed by atoms with Gasteiger partial charge in [0, 0.05) is 18.9 Å². The highest BCUT2D eigenvalue weighted by Crippen LogP contribution is 2.44. The largest absolute Gasteiger partial charge is 0.481 e. The van der Waals surface area contributed by atoms with Crippen LogP contribution >= 0.6 is 0 Å². The van der Waals surface area contributed by atoms with Crippen LogP contribution in [0.15, 0.2) is 48.5 Å². The first-order valence-corrected chi connectivity index (χ1v) is 11.3. The number of carbonyl (C=O) groups is 3. The molecular formula is C27H30N2O5. The van der Waals surface area contributed by atoms with Crippen molar-refractivity contribution in [2.24, 2.45) is 11.8 Å². The Hall–Kier alpha value is -3.79. The number of alkyl carbamates (subject to hydrolysis) is 1. The lowest BCUT2D eigenvalue weighted by molar-refractivity contribution is -0.143. The fraction of sp³-hybridized carbons (Fsp3) is 0.370. The average Bonchev–Trinajstić information content (AvgIpc) is 3.13. The third-order valence-electron chi connectivity index (χ3n) is 6.05. The summed E-state index contributed by atoms with van der Waals surface area (Å²) in [6.07, 6.45) is -0.634. The monoisotopic (exact) mass is 462 g/mol. The lowest BCUT2D eigenvalue weighted by Crippen LogP contribution is -2.48. The molecule has 0 heterocycles. The zero-order chi connectivity index (χ0) is 24.7. The van der Waals surface area contributed by atoms with Crippen LogP contribution in [0.1, 0.15) is 44.2 Å². The molecule has 3 rings (SSSR count). The second kappa shape index (κ2) is 11.4. The standard InChI is InChI=1S/C27H30N2O5/c1-4-5-14-24(25(30)28-15-22(17(2)3)26(31)32)29-27(33)34-16-23-20-12-8-6-10-18(20)19-11-7-9-13-21(19)23/h6-13,17,22-24H,14-16H2,1-3H3,(H,28,30)(H,29,33)(H,31,32). The molecule has 0 saturated carbocycles. The number of hydrogen-bond donors (Lipinski definition) is 3. The van der Waals surface area contributed by atoms with E-state index in [1.165, 1.54) is 0 Å². The van der Waals surface area contributed by atoms with Crippen molar-refractivity contribution in [1.29, 1.82) is 0 Å². The van der Waals surface area contributed by atoms with Crippen LogP contribution in [0.2, 0.25) is 0 Å². The van der Waals surface area contributed by atoms with E-state index in [1.54, 1.807) is 20.8 Å². The number of hydrogen-bond acceptors (Lipinski definition) is 4. The van der Waals surface area contributed by atoms with Crippen molar-refractivity contribution in [1.82, 2.24) is 10.6 Å². The van der Waals surface area contributed by atoms with Crippen molar-refractivity contribution in [3.05, 3.63) is 59.7 Å². The summed E-state index contributed by atoms with van der Waals surface area (Å²) >= 11 is 0. The lowest BCUT2D eigenvalue weighted by atomic mass is 9.96. The Morgan fingerprint density at radius 3 is 2.15 bits per heavy atom. The minimum absolute atomic E-state index is 0.0335. The molecule has 178 valence electrons. The van der Waals surface area contributed by atoms with Gasteiger partial charge in [0.2, 0.25) is 5.91 Å². The van der Waals surface area contributed by atoms with Crippen LogP contribution in [0, 0.1) is 23.7 Å². The van der Waals surface area contributed by atoms with E-state index in [0.29, 0.717) is 0 Å². The Kier molecular flexibility index (Phi) is 8.31. The van der Waals surface area contributed by atoms with Crippen molar-refractivity contribution in [2.45, 2.75) is 39.2 Å². The summed E-state index contributed by atoms with van der Waals surface area (Å²) in [7, 11) is 0. The van der Waals surface area contributed by atoms with E-state index in [2.05, 4.69) is 34.6 Å². The summed E-state index contributed by atoms with van der Waals surface area (Å²) in [5, 5.41) is 14.5. The molecule has 2 aromatic rings. The summed E-state index contributed by atoms with van der Waals surface area (Å²) in [5.74, 6) is 3.05. The molecule has 3 N–H and O–H groups in total. The van der Waals surface area contributed by atoms with Gasteiger partial charge in [-0.3, -0.25) is 9.59 Å². The first kappa shape index (κ1) is 24.8. The Bertz CT molecular complexity index is 1070. The van der Waals surface area contributed by atoms with Crippen LogP contribution in [-0.4, -0.2) is 42.3 Å². The van der Waals surface area contributed by atoms with Crippen molar-refractivity contribution in [2.75, 3.05) is 13.2 Å². The van der Waals surface area contributed by atoms with Crippen LogP contribution < -0.4 is 10.6 Å². The summed E-state index contributed by atoms with van der Waals surface area (Å²) in [6, 6.07) is 15.1. The van der Waals surface area contributed by atoms with Gasteiger partial charge in [0.1, 0.15) is 12.6 Å². The molecule has 2 unspecified atom stereocenters. The van der Waals surface area contributed by atoms with E-state index in [9.17, 15) is 19.5 Å². The fourth-order valence-electron chi connectivity index (χ4n) is 4.14. The Balaban J connectivity index is 1.63. The van der Waals surface area contributed by atoms with E-state index in [4.69, 9.17) is 4.74 Å². The molecule has 0 bridgehead atoms. The van der Waals surface area contributed by atoms with Gasteiger partial charge >= 0.3 is 12.1 Å². The van der Waals surface area contributed by atoms with Crippen LogP contribution in [-0.2, 0) is 14.3 Å². The Morgan fingerprint density at radius 2 is 1.62 bits per heavy atom. The normalized spacial score (nSPS) is 13.6. The number of carboxylic acids is 1. The van der Waals surface area contributed by atoms with Crippen molar-refractivity contribution < 1.29 is 24.2 Å². The van der Waals surface area contributed by atoms with Gasteiger partial charge in [0.25, 0.3) is 0 Å². The zero-order valence-corrected chi connectivity index (χ0v) is 19.6. The number of rotatable bonds is 9. The van der Waals surface area contributed by atoms with Crippen LogP contribution in [0.4, 0.5) is 4.79 Å². The number of fused-ring (bicyclic) bond motifs is 3. The molecule has 0 radical (unpaired) electrons. The molecule has 7 nitrogen and oxygen atoms in total. The van der Waals surface area contributed by atoms with Gasteiger partial charge in [-0.05, 0) is 35.1 Å². The van der Waals surface area contributed by atoms with Gasteiger partial charge in [-0.15, -0.1) is 11.8 Å². The summed E-state index contributed by atoms with van der Waals surface area (Å²) in [4.78, 5) is 36.7. The molecule has 0 fully saturated rings. The highest BCUT2D eigenvalue weighted by Gasteiger charge is 2.30. The summed E-state index contributed by atoms with van der Waals surface area (Å²) in [5.41, 5.74) is 4.44.